The number of ether oxygens (including phenoxy) is 1. The van der Waals surface area contributed by atoms with Crippen LogP contribution in [0.2, 0.25) is 0 Å². The zero-order valence-electron chi connectivity index (χ0n) is 9.14. The van der Waals surface area contributed by atoms with Crippen molar-refractivity contribution in [3.05, 3.63) is 36.4 Å². The highest BCUT2D eigenvalue weighted by atomic mass is 16.5. The highest BCUT2D eigenvalue weighted by Crippen LogP contribution is 2.14. The molecule has 0 aliphatic carbocycles. The van der Waals surface area contributed by atoms with E-state index in [4.69, 9.17) is 10.00 Å². The van der Waals surface area contributed by atoms with Crippen LogP contribution >= 0.6 is 0 Å². The van der Waals surface area contributed by atoms with Crippen LogP contribution in [-0.2, 0) is 4.79 Å². The Morgan fingerprint density at radius 2 is 2.19 bits per heavy atom. The summed E-state index contributed by atoms with van der Waals surface area (Å²) in [6.45, 7) is 5.31. The molecule has 0 aliphatic heterocycles. The Bertz CT molecular complexity index is 415. The smallest absolute Gasteiger partial charge is 0.312 e. The molecule has 0 radical (unpaired) electrons. The average molecular weight is 215 g/mol. The Morgan fingerprint density at radius 3 is 2.69 bits per heavy atom. The molecule has 82 valence electrons. The van der Waals surface area contributed by atoms with Gasteiger partial charge in [0.15, 0.2) is 0 Å². The first-order valence-corrected chi connectivity index (χ1v) is 4.98. The van der Waals surface area contributed by atoms with Crippen molar-refractivity contribution in [2.45, 2.75) is 13.3 Å². The molecule has 1 unspecified atom stereocenters. The average Bonchev–Trinajstić information content (AvgIpc) is 2.29. The summed E-state index contributed by atoms with van der Waals surface area (Å²) in [6.07, 6.45) is 1.82. The van der Waals surface area contributed by atoms with Crippen molar-refractivity contribution in [1.29, 1.82) is 5.26 Å². The number of hydrogen-bond donors (Lipinski definition) is 0. The van der Waals surface area contributed by atoms with Crippen LogP contribution in [0.15, 0.2) is 30.8 Å². The fraction of sp³-hybridized carbons (Fsp3) is 0.231. The predicted octanol–water partition coefficient (Wildman–Crippen LogP) is 2.78. The zero-order valence-corrected chi connectivity index (χ0v) is 9.14. The van der Waals surface area contributed by atoms with E-state index in [9.17, 15) is 4.79 Å². The Morgan fingerprint density at radius 1 is 1.56 bits per heavy atom. The molecule has 0 N–H and O–H groups in total. The van der Waals surface area contributed by atoms with E-state index in [2.05, 4.69) is 6.58 Å². The van der Waals surface area contributed by atoms with Crippen LogP contribution < -0.4 is 4.74 Å². The number of rotatable bonds is 4. The monoisotopic (exact) mass is 215 g/mol. The fourth-order valence-corrected chi connectivity index (χ4v) is 1.14. The third kappa shape index (κ3) is 3.58. The van der Waals surface area contributed by atoms with E-state index in [1.165, 1.54) is 0 Å². The largest absolute Gasteiger partial charge is 0.426 e. The quantitative estimate of drug-likeness (QED) is 0.573. The van der Waals surface area contributed by atoms with Gasteiger partial charge in [-0.1, -0.05) is 24.8 Å². The van der Waals surface area contributed by atoms with E-state index in [1.807, 2.05) is 18.2 Å². The SMILES string of the molecule is C=Cc1ccc(OC(=O)CC(C)C#N)cc1. The summed E-state index contributed by atoms with van der Waals surface area (Å²) < 4.78 is 5.06. The molecule has 1 aromatic carbocycles. The van der Waals surface area contributed by atoms with Gasteiger partial charge >= 0.3 is 5.97 Å². The third-order valence-corrected chi connectivity index (χ3v) is 2.04. The Kier molecular flexibility index (Phi) is 4.28. The first-order valence-electron chi connectivity index (χ1n) is 4.98. The van der Waals surface area contributed by atoms with E-state index in [-0.39, 0.29) is 18.3 Å². The lowest BCUT2D eigenvalue weighted by atomic mass is 10.1. The van der Waals surface area contributed by atoms with Crippen molar-refractivity contribution in [1.82, 2.24) is 0 Å². The summed E-state index contributed by atoms with van der Waals surface area (Å²) in [5.41, 5.74) is 0.963. The summed E-state index contributed by atoms with van der Waals surface area (Å²) in [4.78, 5) is 11.3. The van der Waals surface area contributed by atoms with Crippen LogP contribution in [0.3, 0.4) is 0 Å². The Hall–Kier alpha value is -2.08. The molecule has 3 nitrogen and oxygen atoms in total. The maximum atomic E-state index is 11.3. The van der Waals surface area contributed by atoms with Gasteiger partial charge in [0.05, 0.1) is 18.4 Å². The summed E-state index contributed by atoms with van der Waals surface area (Å²) >= 11 is 0. The topological polar surface area (TPSA) is 50.1 Å². The van der Waals surface area contributed by atoms with Gasteiger partial charge in [0.25, 0.3) is 0 Å². The number of esters is 1. The number of nitrogens with zero attached hydrogens (tertiary/aromatic N) is 1. The minimum Gasteiger partial charge on any atom is -0.426 e. The molecule has 0 saturated carbocycles. The number of carbonyl (C=O) groups excluding carboxylic acids is 1. The number of nitriles is 1. The minimum atomic E-state index is -0.389. The summed E-state index contributed by atoms with van der Waals surface area (Å²) in [7, 11) is 0. The maximum absolute atomic E-state index is 11.3. The summed E-state index contributed by atoms with van der Waals surface area (Å²) in [6, 6.07) is 9.00. The van der Waals surface area contributed by atoms with E-state index in [0.29, 0.717) is 5.75 Å². The highest BCUT2D eigenvalue weighted by molar-refractivity contribution is 5.73. The van der Waals surface area contributed by atoms with E-state index < -0.39 is 0 Å². The lowest BCUT2D eigenvalue weighted by molar-refractivity contribution is -0.134. The standard InChI is InChI=1S/C13H13NO2/c1-3-11-4-6-12(7-5-11)16-13(15)8-10(2)9-14/h3-7,10H,1,8H2,2H3. The van der Waals surface area contributed by atoms with E-state index >= 15 is 0 Å². The second kappa shape index (κ2) is 5.72. The van der Waals surface area contributed by atoms with Crippen molar-refractivity contribution in [3.8, 4) is 11.8 Å². The second-order valence-electron chi connectivity index (χ2n) is 3.48. The summed E-state index contributed by atoms with van der Waals surface area (Å²) in [5.74, 6) is -0.221. The first-order chi connectivity index (χ1) is 7.65. The highest BCUT2D eigenvalue weighted by Gasteiger charge is 2.10. The van der Waals surface area contributed by atoms with Crippen LogP contribution in [0.1, 0.15) is 18.9 Å². The van der Waals surface area contributed by atoms with Crippen LogP contribution in [0.4, 0.5) is 0 Å². The molecule has 16 heavy (non-hydrogen) atoms. The lowest BCUT2D eigenvalue weighted by Gasteiger charge is -2.05. The van der Waals surface area contributed by atoms with Crippen LogP contribution in [0.5, 0.6) is 5.75 Å². The molecule has 3 heteroatoms. The molecule has 1 aromatic rings. The van der Waals surface area contributed by atoms with Crippen molar-refractivity contribution in [3.63, 3.8) is 0 Å². The maximum Gasteiger partial charge on any atom is 0.312 e. The van der Waals surface area contributed by atoms with Gasteiger partial charge in [0.1, 0.15) is 5.75 Å². The molecule has 0 heterocycles. The minimum absolute atomic E-state index is 0.111. The van der Waals surface area contributed by atoms with Gasteiger partial charge in [-0.25, -0.2) is 0 Å². The molecule has 1 atom stereocenters. The molecule has 1 rings (SSSR count). The van der Waals surface area contributed by atoms with Gasteiger partial charge in [-0.05, 0) is 24.6 Å². The number of benzene rings is 1. The molecule has 0 amide bonds. The molecule has 0 bridgehead atoms. The van der Waals surface area contributed by atoms with Crippen LogP contribution in [0.25, 0.3) is 6.08 Å². The molecule has 0 spiro atoms. The van der Waals surface area contributed by atoms with Crippen LogP contribution in [0, 0.1) is 17.2 Å². The van der Waals surface area contributed by atoms with Crippen molar-refractivity contribution in [2.24, 2.45) is 5.92 Å². The van der Waals surface area contributed by atoms with Gasteiger partial charge < -0.3 is 4.74 Å². The molecular formula is C13H13NO2. The number of carbonyl (C=O) groups is 1. The van der Waals surface area contributed by atoms with Crippen molar-refractivity contribution >= 4 is 12.0 Å². The van der Waals surface area contributed by atoms with E-state index in [1.54, 1.807) is 25.1 Å². The summed E-state index contributed by atoms with van der Waals surface area (Å²) in [5, 5.41) is 8.55. The Balaban J connectivity index is 2.56. The molecule has 0 fully saturated rings. The number of hydrogen-bond acceptors (Lipinski definition) is 3. The normalized spacial score (nSPS) is 11.2. The predicted molar refractivity (Wildman–Crippen MR) is 61.6 cm³/mol. The molecular weight excluding hydrogens is 202 g/mol. The van der Waals surface area contributed by atoms with Gasteiger partial charge in [-0.3, -0.25) is 4.79 Å². The van der Waals surface area contributed by atoms with Crippen molar-refractivity contribution in [2.75, 3.05) is 0 Å². The molecule has 0 aliphatic rings. The third-order valence-electron chi connectivity index (χ3n) is 2.04. The first kappa shape index (κ1) is 12.0. The van der Waals surface area contributed by atoms with Gasteiger partial charge in [-0.2, -0.15) is 5.26 Å². The van der Waals surface area contributed by atoms with Crippen LogP contribution in [-0.4, -0.2) is 5.97 Å². The Labute approximate surface area is 95.0 Å². The zero-order chi connectivity index (χ0) is 12.0. The van der Waals surface area contributed by atoms with Crippen molar-refractivity contribution < 1.29 is 9.53 Å². The fourth-order valence-electron chi connectivity index (χ4n) is 1.14. The molecule has 0 aromatic heterocycles. The van der Waals surface area contributed by atoms with E-state index in [0.717, 1.165) is 5.56 Å². The second-order valence-corrected chi connectivity index (χ2v) is 3.48. The van der Waals surface area contributed by atoms with Gasteiger partial charge in [-0.15, -0.1) is 0 Å². The molecule has 0 saturated heterocycles. The lowest BCUT2D eigenvalue weighted by Crippen LogP contribution is -2.11. The van der Waals surface area contributed by atoms with Gasteiger partial charge in [0.2, 0.25) is 0 Å². The van der Waals surface area contributed by atoms with Gasteiger partial charge in [0, 0.05) is 0 Å².